The van der Waals surface area contributed by atoms with E-state index < -0.39 is 0 Å². The molecule has 11 rings (SSSR count). The molecule has 0 saturated heterocycles. The first kappa shape index (κ1) is 26.5. The Morgan fingerprint density at radius 1 is 0.306 bits per heavy atom. The van der Waals surface area contributed by atoms with Crippen LogP contribution in [0.2, 0.25) is 0 Å². The SMILES string of the molecule is c1ccc(-n2c3ccccc3c3cc4c(cc32)c2cc3ccccc3cc2n4-c2cccc(-c3ccc4oc5ccccc5c4c3)c2)cc1. The molecular formula is C46H28N2O. The van der Waals surface area contributed by atoms with Crippen molar-refractivity contribution in [3.63, 3.8) is 0 Å². The minimum absolute atomic E-state index is 0.911. The van der Waals surface area contributed by atoms with Crippen LogP contribution in [0.4, 0.5) is 0 Å². The molecule has 3 nitrogen and oxygen atoms in total. The minimum Gasteiger partial charge on any atom is -0.456 e. The van der Waals surface area contributed by atoms with Gasteiger partial charge in [0.25, 0.3) is 0 Å². The Hall–Kier alpha value is -6.58. The van der Waals surface area contributed by atoms with E-state index in [1.54, 1.807) is 0 Å². The lowest BCUT2D eigenvalue weighted by Gasteiger charge is -2.11. The number of rotatable bonds is 3. The van der Waals surface area contributed by atoms with E-state index in [4.69, 9.17) is 4.42 Å². The number of aromatic nitrogens is 2. The molecule has 49 heavy (non-hydrogen) atoms. The molecule has 3 aromatic heterocycles. The highest BCUT2D eigenvalue weighted by Crippen LogP contribution is 2.41. The summed E-state index contributed by atoms with van der Waals surface area (Å²) in [5.41, 5.74) is 11.3. The Bertz CT molecular complexity index is 3100. The molecule has 0 saturated carbocycles. The lowest BCUT2D eigenvalue weighted by atomic mass is 10.0. The Morgan fingerprint density at radius 2 is 0.898 bits per heavy atom. The molecule has 0 radical (unpaired) electrons. The van der Waals surface area contributed by atoms with Crippen molar-refractivity contribution in [2.75, 3.05) is 0 Å². The molecule has 0 fully saturated rings. The largest absolute Gasteiger partial charge is 0.456 e. The third-order valence-electron chi connectivity index (χ3n) is 10.3. The second-order valence-corrected chi connectivity index (χ2v) is 13.0. The predicted molar refractivity (Wildman–Crippen MR) is 205 cm³/mol. The third kappa shape index (κ3) is 3.84. The van der Waals surface area contributed by atoms with Crippen LogP contribution >= 0.6 is 0 Å². The van der Waals surface area contributed by atoms with E-state index in [1.807, 2.05) is 12.1 Å². The van der Waals surface area contributed by atoms with Crippen LogP contribution in [0.25, 0.3) is 98.8 Å². The van der Waals surface area contributed by atoms with Crippen LogP contribution in [0.5, 0.6) is 0 Å². The summed E-state index contributed by atoms with van der Waals surface area (Å²) in [6.45, 7) is 0. The van der Waals surface area contributed by atoms with Gasteiger partial charge in [-0.15, -0.1) is 0 Å². The van der Waals surface area contributed by atoms with Gasteiger partial charge in [0.05, 0.1) is 22.1 Å². The van der Waals surface area contributed by atoms with Crippen molar-refractivity contribution in [3.8, 4) is 22.5 Å². The molecule has 228 valence electrons. The van der Waals surface area contributed by atoms with Gasteiger partial charge in [0, 0.05) is 43.7 Å². The number of benzene rings is 8. The quantitative estimate of drug-likeness (QED) is 0.192. The van der Waals surface area contributed by atoms with Crippen molar-refractivity contribution in [2.45, 2.75) is 0 Å². The lowest BCUT2D eigenvalue weighted by molar-refractivity contribution is 0.669. The third-order valence-corrected chi connectivity index (χ3v) is 10.3. The first-order chi connectivity index (χ1) is 24.3. The van der Waals surface area contributed by atoms with Crippen molar-refractivity contribution in [1.29, 1.82) is 0 Å². The second kappa shape index (κ2) is 9.96. The number of hydrogen-bond acceptors (Lipinski definition) is 1. The Balaban J connectivity index is 1.22. The number of nitrogens with zero attached hydrogens (tertiary/aromatic N) is 2. The average Bonchev–Trinajstić information content (AvgIpc) is 3.80. The van der Waals surface area contributed by atoms with Gasteiger partial charge in [-0.25, -0.2) is 0 Å². The van der Waals surface area contributed by atoms with E-state index in [9.17, 15) is 0 Å². The summed E-state index contributed by atoms with van der Waals surface area (Å²) in [4.78, 5) is 0. The Labute approximate surface area is 281 Å². The summed E-state index contributed by atoms with van der Waals surface area (Å²) in [5, 5.41) is 9.74. The van der Waals surface area contributed by atoms with E-state index in [-0.39, 0.29) is 0 Å². The van der Waals surface area contributed by atoms with Crippen LogP contribution in [0.3, 0.4) is 0 Å². The van der Waals surface area contributed by atoms with Gasteiger partial charge in [-0.1, -0.05) is 97.1 Å². The van der Waals surface area contributed by atoms with E-state index in [2.05, 4.69) is 167 Å². The molecule has 0 amide bonds. The summed E-state index contributed by atoms with van der Waals surface area (Å²) in [6, 6.07) is 61.5. The summed E-state index contributed by atoms with van der Waals surface area (Å²) >= 11 is 0. The molecule has 11 aromatic rings. The first-order valence-electron chi connectivity index (χ1n) is 16.8. The van der Waals surface area contributed by atoms with Gasteiger partial charge < -0.3 is 13.6 Å². The van der Waals surface area contributed by atoms with Crippen LogP contribution in [-0.2, 0) is 0 Å². The zero-order chi connectivity index (χ0) is 32.1. The zero-order valence-electron chi connectivity index (χ0n) is 26.5. The first-order valence-corrected chi connectivity index (χ1v) is 16.8. The molecular weight excluding hydrogens is 597 g/mol. The van der Waals surface area contributed by atoms with Gasteiger partial charge in [0.1, 0.15) is 11.2 Å². The molecule has 0 unspecified atom stereocenters. The topological polar surface area (TPSA) is 23.0 Å². The van der Waals surface area contributed by atoms with Crippen LogP contribution in [-0.4, -0.2) is 9.13 Å². The van der Waals surface area contributed by atoms with Gasteiger partial charge in [0.15, 0.2) is 0 Å². The van der Waals surface area contributed by atoms with Gasteiger partial charge in [-0.05, 0) is 94.7 Å². The van der Waals surface area contributed by atoms with Crippen LogP contribution in [0.15, 0.2) is 174 Å². The second-order valence-electron chi connectivity index (χ2n) is 13.0. The predicted octanol–water partition coefficient (Wildman–Crippen LogP) is 12.6. The molecule has 0 spiro atoms. The summed E-state index contributed by atoms with van der Waals surface area (Å²) < 4.78 is 11.0. The van der Waals surface area contributed by atoms with E-state index in [0.29, 0.717) is 0 Å². The number of fused-ring (bicyclic) bond motifs is 10. The van der Waals surface area contributed by atoms with Gasteiger partial charge in [0.2, 0.25) is 0 Å². The minimum atomic E-state index is 0.911. The highest BCUT2D eigenvalue weighted by molar-refractivity contribution is 6.20. The van der Waals surface area contributed by atoms with Gasteiger partial charge in [-0.3, -0.25) is 0 Å². The molecule has 3 heterocycles. The van der Waals surface area contributed by atoms with E-state index >= 15 is 0 Å². The van der Waals surface area contributed by atoms with Crippen molar-refractivity contribution in [2.24, 2.45) is 0 Å². The highest BCUT2D eigenvalue weighted by atomic mass is 16.3. The lowest BCUT2D eigenvalue weighted by Crippen LogP contribution is -1.95. The van der Waals surface area contributed by atoms with Gasteiger partial charge >= 0.3 is 0 Å². The summed E-state index contributed by atoms with van der Waals surface area (Å²) in [6.07, 6.45) is 0. The molecule has 3 heteroatoms. The van der Waals surface area contributed by atoms with E-state index in [1.165, 1.54) is 65.5 Å². The smallest absolute Gasteiger partial charge is 0.135 e. The molecule has 0 N–H and O–H groups in total. The van der Waals surface area contributed by atoms with Crippen molar-refractivity contribution in [1.82, 2.24) is 9.13 Å². The van der Waals surface area contributed by atoms with Crippen molar-refractivity contribution >= 4 is 76.3 Å². The number of para-hydroxylation sites is 3. The summed E-state index contributed by atoms with van der Waals surface area (Å²) in [7, 11) is 0. The maximum absolute atomic E-state index is 6.15. The van der Waals surface area contributed by atoms with Crippen molar-refractivity contribution < 1.29 is 4.42 Å². The maximum atomic E-state index is 6.15. The van der Waals surface area contributed by atoms with Crippen LogP contribution in [0, 0.1) is 0 Å². The summed E-state index contributed by atoms with van der Waals surface area (Å²) in [5.74, 6) is 0. The Morgan fingerprint density at radius 3 is 1.76 bits per heavy atom. The maximum Gasteiger partial charge on any atom is 0.135 e. The molecule has 0 atom stereocenters. The highest BCUT2D eigenvalue weighted by Gasteiger charge is 2.19. The molecule has 0 bridgehead atoms. The molecule has 0 aliphatic carbocycles. The fourth-order valence-electron chi connectivity index (χ4n) is 8.03. The van der Waals surface area contributed by atoms with E-state index in [0.717, 1.165) is 33.3 Å². The molecule has 0 aliphatic heterocycles. The van der Waals surface area contributed by atoms with Crippen LogP contribution < -0.4 is 0 Å². The molecule has 0 aliphatic rings. The molecule has 8 aromatic carbocycles. The Kier molecular flexibility index (Phi) is 5.38. The van der Waals surface area contributed by atoms with Crippen molar-refractivity contribution in [3.05, 3.63) is 170 Å². The number of furan rings is 1. The fourth-order valence-corrected chi connectivity index (χ4v) is 8.03. The normalized spacial score (nSPS) is 12.1. The fraction of sp³-hybridized carbons (Fsp3) is 0. The zero-order valence-corrected chi connectivity index (χ0v) is 26.5. The van der Waals surface area contributed by atoms with Crippen LogP contribution in [0.1, 0.15) is 0 Å². The van der Waals surface area contributed by atoms with Gasteiger partial charge in [-0.2, -0.15) is 0 Å². The standard InChI is InChI=1S/C46H28N2O/c1-2-14-33(15-3-1)47-41-19-8-6-17-35(41)38-27-44-39(28-43(38)47)37-24-30-11-4-5-12-31(30)26-42(37)48(44)34-16-10-13-29(23-34)32-21-22-46-40(25-32)36-18-7-9-20-45(36)49-46/h1-28H. The average molecular weight is 625 g/mol. The monoisotopic (exact) mass is 624 g/mol. The number of hydrogen-bond donors (Lipinski definition) is 0.